The summed E-state index contributed by atoms with van der Waals surface area (Å²) in [7, 11) is 0. The van der Waals surface area contributed by atoms with Gasteiger partial charge in [-0.1, -0.05) is 43.4 Å². The third kappa shape index (κ3) is 2.61. The molecule has 0 fully saturated rings. The predicted molar refractivity (Wildman–Crippen MR) is 52.7 cm³/mol. The Morgan fingerprint density at radius 1 is 1.15 bits per heavy atom. The summed E-state index contributed by atoms with van der Waals surface area (Å²) in [4.78, 5) is 4.83. The maximum Gasteiger partial charge on any atom is 0.171 e. The van der Waals surface area contributed by atoms with Crippen molar-refractivity contribution in [3.63, 3.8) is 0 Å². The lowest BCUT2D eigenvalue weighted by molar-refractivity contribution is -0.0933. The molecular weight excluding hydrogens is 188 g/mol. The maximum absolute atomic E-state index is 5.04. The molecule has 0 aromatic heterocycles. The molecule has 3 heteroatoms. The molecule has 1 rings (SSSR count). The first-order valence-corrected chi connectivity index (χ1v) is 4.41. The largest absolute Gasteiger partial charge is 0.319 e. The lowest BCUT2D eigenvalue weighted by Crippen LogP contribution is -2.12. The van der Waals surface area contributed by atoms with Crippen LogP contribution in [0.4, 0.5) is 0 Å². The van der Waals surface area contributed by atoms with E-state index in [4.69, 9.17) is 16.8 Å². The van der Waals surface area contributed by atoms with Crippen LogP contribution in [0.1, 0.15) is 26.3 Å². The van der Waals surface area contributed by atoms with Crippen LogP contribution in [0.25, 0.3) is 0 Å². The molecule has 0 unspecified atom stereocenters. The molecule has 72 valence electrons. The average Bonchev–Trinajstić information content (AvgIpc) is 2.04. The van der Waals surface area contributed by atoms with E-state index in [-0.39, 0.29) is 5.41 Å². The van der Waals surface area contributed by atoms with E-state index in [1.807, 2.05) is 24.3 Å². The Labute approximate surface area is 83.5 Å². The number of halogens is 1. The molecule has 2 nitrogen and oxygen atoms in total. The van der Waals surface area contributed by atoms with E-state index in [0.717, 1.165) is 5.56 Å². The number of benzene rings is 1. The normalized spacial score (nSPS) is 11.4. The summed E-state index contributed by atoms with van der Waals surface area (Å²) in [6.45, 7) is 6.30. The van der Waals surface area contributed by atoms with Gasteiger partial charge in [0.25, 0.3) is 0 Å². The molecule has 0 aliphatic heterocycles. The van der Waals surface area contributed by atoms with Crippen molar-refractivity contribution in [2.24, 2.45) is 0 Å². The van der Waals surface area contributed by atoms with Crippen LogP contribution in [-0.4, -0.2) is 0 Å². The molecule has 0 spiro atoms. The van der Waals surface area contributed by atoms with Crippen LogP contribution in [0, 0.1) is 0 Å². The first-order valence-electron chi connectivity index (χ1n) is 4.10. The fraction of sp³-hybridized carbons (Fsp3) is 0.400. The first kappa shape index (κ1) is 10.4. The van der Waals surface area contributed by atoms with Gasteiger partial charge < -0.3 is 4.89 Å². The monoisotopic (exact) mass is 200 g/mol. The van der Waals surface area contributed by atoms with Gasteiger partial charge >= 0.3 is 0 Å². The minimum Gasteiger partial charge on any atom is -0.319 e. The van der Waals surface area contributed by atoms with E-state index in [1.54, 1.807) is 0 Å². The van der Waals surface area contributed by atoms with Crippen molar-refractivity contribution in [3.05, 3.63) is 29.8 Å². The molecule has 0 atom stereocenters. The fourth-order valence-electron chi connectivity index (χ4n) is 1.19. The number of rotatable bonds is 2. The molecule has 0 saturated heterocycles. The highest BCUT2D eigenvalue weighted by atomic mass is 35.5. The molecule has 0 heterocycles. The second-order valence-corrected chi connectivity index (χ2v) is 4.02. The minimum atomic E-state index is 0.0199. The van der Waals surface area contributed by atoms with E-state index in [1.165, 1.54) is 0 Å². The quantitative estimate of drug-likeness (QED) is 0.538. The second-order valence-electron chi connectivity index (χ2n) is 3.89. The Bertz CT molecular complexity index is 278. The maximum atomic E-state index is 5.04. The van der Waals surface area contributed by atoms with Crippen LogP contribution in [0.2, 0.25) is 0 Å². The molecule has 0 amide bonds. The van der Waals surface area contributed by atoms with Crippen LogP contribution in [0.3, 0.4) is 0 Å². The van der Waals surface area contributed by atoms with Crippen molar-refractivity contribution in [1.82, 2.24) is 0 Å². The lowest BCUT2D eigenvalue weighted by Gasteiger charge is -2.20. The van der Waals surface area contributed by atoms with Crippen LogP contribution in [-0.2, 0) is 9.86 Å². The van der Waals surface area contributed by atoms with Gasteiger partial charge in [0.2, 0.25) is 0 Å². The van der Waals surface area contributed by atoms with Gasteiger partial charge in [0.05, 0.1) is 0 Å². The fourth-order valence-corrected chi connectivity index (χ4v) is 1.26. The molecule has 0 saturated carbocycles. The molecule has 0 radical (unpaired) electrons. The highest BCUT2D eigenvalue weighted by Crippen LogP contribution is 2.31. The highest BCUT2D eigenvalue weighted by Gasteiger charge is 2.18. The topological polar surface area (TPSA) is 18.5 Å². The van der Waals surface area contributed by atoms with Crippen molar-refractivity contribution in [3.8, 4) is 5.75 Å². The van der Waals surface area contributed by atoms with Crippen molar-refractivity contribution >= 4 is 11.9 Å². The van der Waals surface area contributed by atoms with Crippen LogP contribution in [0.15, 0.2) is 24.3 Å². The van der Waals surface area contributed by atoms with Crippen LogP contribution < -0.4 is 4.89 Å². The van der Waals surface area contributed by atoms with Gasteiger partial charge in [0.15, 0.2) is 5.75 Å². The van der Waals surface area contributed by atoms with Crippen molar-refractivity contribution in [1.29, 1.82) is 0 Å². The molecule has 0 aliphatic carbocycles. The number of hydrogen-bond acceptors (Lipinski definition) is 2. The molecule has 1 aromatic carbocycles. The van der Waals surface area contributed by atoms with Gasteiger partial charge in [-0.15, -0.1) is 0 Å². The SMILES string of the molecule is CC(C)(C)c1ccccc1OOCl. The standard InChI is InChI=1S/C10H13ClO2/c1-10(2,3)8-6-4-5-7-9(8)12-13-11/h4-7H,1-3H3. The zero-order chi connectivity index (χ0) is 9.90. The second kappa shape index (κ2) is 3.99. The number of para-hydroxylation sites is 1. The Morgan fingerprint density at radius 2 is 1.77 bits per heavy atom. The minimum absolute atomic E-state index is 0.0199. The van der Waals surface area contributed by atoms with Crippen LogP contribution in [0.5, 0.6) is 5.75 Å². The smallest absolute Gasteiger partial charge is 0.171 e. The molecule has 1 aromatic rings. The first-order chi connectivity index (χ1) is 6.05. The summed E-state index contributed by atoms with van der Waals surface area (Å²) in [5, 5.41) is 0. The Kier molecular flexibility index (Phi) is 3.17. The summed E-state index contributed by atoms with van der Waals surface area (Å²) >= 11 is 5.04. The molecule has 13 heavy (non-hydrogen) atoms. The summed E-state index contributed by atoms with van der Waals surface area (Å²) < 4.78 is 4.14. The van der Waals surface area contributed by atoms with Crippen LogP contribution >= 0.6 is 11.9 Å². The van der Waals surface area contributed by atoms with E-state index in [0.29, 0.717) is 5.75 Å². The summed E-state index contributed by atoms with van der Waals surface area (Å²) in [6.07, 6.45) is 0. The summed E-state index contributed by atoms with van der Waals surface area (Å²) in [5.41, 5.74) is 1.09. The zero-order valence-electron chi connectivity index (χ0n) is 8.00. The Hall–Kier alpha value is -0.730. The average molecular weight is 201 g/mol. The van der Waals surface area contributed by atoms with Gasteiger partial charge in [-0.2, -0.15) is 0 Å². The van der Waals surface area contributed by atoms with Gasteiger partial charge in [0.1, 0.15) is 11.9 Å². The van der Waals surface area contributed by atoms with Gasteiger partial charge in [-0.3, -0.25) is 0 Å². The van der Waals surface area contributed by atoms with Gasteiger partial charge in [-0.05, 0) is 11.5 Å². The van der Waals surface area contributed by atoms with E-state index >= 15 is 0 Å². The van der Waals surface area contributed by atoms with E-state index in [9.17, 15) is 0 Å². The molecule has 0 bridgehead atoms. The van der Waals surface area contributed by atoms with Gasteiger partial charge in [-0.25, -0.2) is 0 Å². The van der Waals surface area contributed by atoms with E-state index < -0.39 is 0 Å². The third-order valence-corrected chi connectivity index (χ3v) is 1.88. The van der Waals surface area contributed by atoms with Gasteiger partial charge in [0, 0.05) is 5.56 Å². The molecule has 0 N–H and O–H groups in total. The van der Waals surface area contributed by atoms with E-state index in [2.05, 4.69) is 25.2 Å². The Morgan fingerprint density at radius 3 is 2.31 bits per heavy atom. The molecule has 0 aliphatic rings. The van der Waals surface area contributed by atoms with Crippen molar-refractivity contribution in [2.45, 2.75) is 26.2 Å². The highest BCUT2D eigenvalue weighted by molar-refractivity contribution is 6.06. The molecular formula is C10H13ClO2. The summed E-state index contributed by atoms with van der Waals surface area (Å²) in [6, 6.07) is 7.65. The third-order valence-electron chi connectivity index (χ3n) is 1.82. The summed E-state index contributed by atoms with van der Waals surface area (Å²) in [5.74, 6) is 0.657. The van der Waals surface area contributed by atoms with Crippen molar-refractivity contribution < 1.29 is 9.33 Å². The number of hydrogen-bond donors (Lipinski definition) is 0. The zero-order valence-corrected chi connectivity index (χ0v) is 8.76. The van der Waals surface area contributed by atoms with Crippen molar-refractivity contribution in [2.75, 3.05) is 0 Å². The lowest BCUT2D eigenvalue weighted by atomic mass is 9.86. The predicted octanol–water partition coefficient (Wildman–Crippen LogP) is 3.45. The Balaban J connectivity index is 3.05.